The molecular weight excluding hydrogens is 277 g/mol. The number of fused-ring (bicyclic) bond motifs is 1. The molecule has 1 aromatic rings. The van der Waals surface area contributed by atoms with Crippen LogP contribution in [0.1, 0.15) is 46.6 Å². The SMILES string of the molecule is CC(=O)N1CCCc2cc(B3OC(C)(C)C(C)(C)O3)ccc21. The van der Waals surface area contributed by atoms with Crippen molar-refractivity contribution >= 4 is 24.2 Å². The minimum Gasteiger partial charge on any atom is -0.399 e. The summed E-state index contributed by atoms with van der Waals surface area (Å²) in [6, 6.07) is 6.17. The van der Waals surface area contributed by atoms with Gasteiger partial charge in [-0.1, -0.05) is 12.1 Å². The Hall–Kier alpha value is -1.33. The smallest absolute Gasteiger partial charge is 0.399 e. The lowest BCUT2D eigenvalue weighted by atomic mass is 9.77. The molecule has 22 heavy (non-hydrogen) atoms. The van der Waals surface area contributed by atoms with Crippen LogP contribution in [0, 0.1) is 0 Å². The molecule has 0 spiro atoms. The Kier molecular flexibility index (Phi) is 3.61. The molecule has 0 saturated carbocycles. The summed E-state index contributed by atoms with van der Waals surface area (Å²) < 4.78 is 12.2. The third-order valence-corrected chi connectivity index (χ3v) is 5.13. The Morgan fingerprint density at radius 2 is 1.82 bits per heavy atom. The summed E-state index contributed by atoms with van der Waals surface area (Å²) in [5.74, 6) is 0.101. The van der Waals surface area contributed by atoms with Gasteiger partial charge in [-0.2, -0.15) is 0 Å². The molecule has 1 aromatic carbocycles. The van der Waals surface area contributed by atoms with Gasteiger partial charge in [0.2, 0.25) is 5.91 Å². The summed E-state index contributed by atoms with van der Waals surface area (Å²) in [6.07, 6.45) is 1.99. The highest BCUT2D eigenvalue weighted by Crippen LogP contribution is 2.37. The van der Waals surface area contributed by atoms with Gasteiger partial charge in [0.05, 0.1) is 11.2 Å². The molecule has 0 N–H and O–H groups in total. The van der Waals surface area contributed by atoms with Gasteiger partial charge in [-0.15, -0.1) is 0 Å². The van der Waals surface area contributed by atoms with Crippen LogP contribution in [0.4, 0.5) is 5.69 Å². The van der Waals surface area contributed by atoms with Gasteiger partial charge < -0.3 is 14.2 Å². The number of benzene rings is 1. The van der Waals surface area contributed by atoms with Crippen LogP contribution < -0.4 is 10.4 Å². The summed E-state index contributed by atoms with van der Waals surface area (Å²) in [5.41, 5.74) is 2.59. The molecule has 1 saturated heterocycles. The van der Waals surface area contributed by atoms with E-state index >= 15 is 0 Å². The van der Waals surface area contributed by atoms with Crippen molar-refractivity contribution in [2.45, 2.75) is 58.7 Å². The van der Waals surface area contributed by atoms with Gasteiger partial charge in [0.1, 0.15) is 0 Å². The Labute approximate surface area is 132 Å². The van der Waals surface area contributed by atoms with Gasteiger partial charge >= 0.3 is 7.12 Å². The zero-order chi connectivity index (χ0) is 16.1. The van der Waals surface area contributed by atoms with Crippen LogP contribution in [0.25, 0.3) is 0 Å². The second-order valence-corrected chi connectivity index (χ2v) is 7.25. The van der Waals surface area contributed by atoms with Crippen molar-refractivity contribution in [3.8, 4) is 0 Å². The molecule has 0 aliphatic carbocycles. The minimum atomic E-state index is -0.344. The second-order valence-electron chi connectivity index (χ2n) is 7.25. The monoisotopic (exact) mass is 301 g/mol. The number of amides is 1. The van der Waals surface area contributed by atoms with Crippen LogP contribution >= 0.6 is 0 Å². The predicted molar refractivity (Wildman–Crippen MR) is 88.5 cm³/mol. The first-order valence-electron chi connectivity index (χ1n) is 7.98. The molecule has 2 aliphatic heterocycles. The maximum Gasteiger partial charge on any atom is 0.494 e. The number of hydrogen-bond donors (Lipinski definition) is 0. The first kappa shape index (κ1) is 15.6. The highest BCUT2D eigenvalue weighted by molar-refractivity contribution is 6.62. The van der Waals surface area contributed by atoms with Crippen molar-refractivity contribution in [1.29, 1.82) is 0 Å². The molecule has 0 aromatic heterocycles. The van der Waals surface area contributed by atoms with Gasteiger partial charge in [-0.25, -0.2) is 0 Å². The molecule has 2 aliphatic rings. The zero-order valence-electron chi connectivity index (χ0n) is 14.1. The molecule has 0 unspecified atom stereocenters. The molecule has 5 heteroatoms. The Bertz CT molecular complexity index is 596. The molecule has 2 heterocycles. The van der Waals surface area contributed by atoms with E-state index in [1.165, 1.54) is 5.56 Å². The number of nitrogens with zero attached hydrogens (tertiary/aromatic N) is 1. The second kappa shape index (κ2) is 5.10. The lowest BCUT2D eigenvalue weighted by Gasteiger charge is -2.32. The number of aryl methyl sites for hydroxylation is 1. The van der Waals surface area contributed by atoms with E-state index < -0.39 is 0 Å². The molecule has 1 amide bonds. The lowest BCUT2D eigenvalue weighted by Crippen LogP contribution is -2.41. The first-order valence-corrected chi connectivity index (χ1v) is 7.98. The predicted octanol–water partition coefficient (Wildman–Crippen LogP) is 2.28. The van der Waals surface area contributed by atoms with Gasteiger partial charge in [-0.3, -0.25) is 4.79 Å². The topological polar surface area (TPSA) is 38.8 Å². The number of anilines is 1. The largest absolute Gasteiger partial charge is 0.494 e. The van der Waals surface area contributed by atoms with Crippen LogP contribution in [0.2, 0.25) is 0 Å². The molecule has 4 nitrogen and oxygen atoms in total. The third-order valence-electron chi connectivity index (χ3n) is 5.13. The molecular formula is C17H24BNO3. The summed E-state index contributed by atoms with van der Waals surface area (Å²) in [7, 11) is -0.344. The molecule has 0 bridgehead atoms. The van der Waals surface area contributed by atoms with E-state index in [0.717, 1.165) is 30.5 Å². The van der Waals surface area contributed by atoms with Crippen molar-refractivity contribution in [1.82, 2.24) is 0 Å². The summed E-state index contributed by atoms with van der Waals surface area (Å²) >= 11 is 0. The van der Waals surface area contributed by atoms with E-state index in [0.29, 0.717) is 0 Å². The Morgan fingerprint density at radius 3 is 2.41 bits per heavy atom. The van der Waals surface area contributed by atoms with Crippen LogP contribution in [0.15, 0.2) is 18.2 Å². The summed E-state index contributed by atoms with van der Waals surface area (Å²) in [4.78, 5) is 13.6. The molecule has 1 fully saturated rings. The van der Waals surface area contributed by atoms with Gasteiger partial charge in [0, 0.05) is 19.2 Å². The van der Waals surface area contributed by atoms with Crippen molar-refractivity contribution in [3.05, 3.63) is 23.8 Å². The van der Waals surface area contributed by atoms with Crippen molar-refractivity contribution in [3.63, 3.8) is 0 Å². The highest BCUT2D eigenvalue weighted by Gasteiger charge is 2.51. The van der Waals surface area contributed by atoms with E-state index in [9.17, 15) is 4.79 Å². The Balaban J connectivity index is 1.91. The first-order chi connectivity index (χ1) is 10.2. The van der Waals surface area contributed by atoms with Crippen LogP contribution in [0.5, 0.6) is 0 Å². The standard InChI is InChI=1S/C17H24BNO3/c1-12(20)19-10-6-7-13-11-14(8-9-15(13)19)18-21-16(2,3)17(4,5)22-18/h8-9,11H,6-7,10H2,1-5H3. The number of hydrogen-bond acceptors (Lipinski definition) is 3. The lowest BCUT2D eigenvalue weighted by molar-refractivity contribution is -0.116. The van der Waals surface area contributed by atoms with Crippen molar-refractivity contribution in [2.75, 3.05) is 11.4 Å². The fraction of sp³-hybridized carbons (Fsp3) is 0.588. The van der Waals surface area contributed by atoms with Crippen LogP contribution in [-0.2, 0) is 20.5 Å². The summed E-state index contributed by atoms with van der Waals surface area (Å²) in [5, 5.41) is 0. The molecule has 0 atom stereocenters. The molecule has 0 radical (unpaired) electrons. The number of rotatable bonds is 1. The van der Waals surface area contributed by atoms with Crippen LogP contribution in [0.3, 0.4) is 0 Å². The van der Waals surface area contributed by atoms with E-state index in [1.54, 1.807) is 6.92 Å². The van der Waals surface area contributed by atoms with E-state index in [4.69, 9.17) is 9.31 Å². The van der Waals surface area contributed by atoms with Crippen molar-refractivity contribution in [2.24, 2.45) is 0 Å². The molecule has 118 valence electrons. The summed E-state index contributed by atoms with van der Waals surface area (Å²) in [6.45, 7) is 10.7. The van der Waals surface area contributed by atoms with E-state index in [1.807, 2.05) is 17.0 Å². The fourth-order valence-electron chi connectivity index (χ4n) is 3.07. The normalized spacial score (nSPS) is 22.6. The third kappa shape index (κ3) is 2.46. The maximum absolute atomic E-state index is 11.7. The average molecular weight is 301 g/mol. The Morgan fingerprint density at radius 1 is 1.18 bits per heavy atom. The number of carbonyl (C=O) groups excluding carboxylic acids is 1. The van der Waals surface area contributed by atoms with Gasteiger partial charge in [-0.05, 0) is 57.6 Å². The quantitative estimate of drug-likeness (QED) is 0.747. The van der Waals surface area contributed by atoms with Crippen LogP contribution in [-0.4, -0.2) is 30.8 Å². The van der Waals surface area contributed by atoms with Gasteiger partial charge in [0.15, 0.2) is 0 Å². The fourth-order valence-corrected chi connectivity index (χ4v) is 3.07. The van der Waals surface area contributed by atoms with E-state index in [-0.39, 0.29) is 24.2 Å². The maximum atomic E-state index is 11.7. The minimum absolute atomic E-state index is 0.101. The zero-order valence-corrected chi connectivity index (χ0v) is 14.1. The number of carbonyl (C=O) groups is 1. The average Bonchev–Trinajstić information content (AvgIpc) is 2.66. The van der Waals surface area contributed by atoms with E-state index in [2.05, 4.69) is 33.8 Å². The van der Waals surface area contributed by atoms with Gasteiger partial charge in [0.25, 0.3) is 0 Å². The highest BCUT2D eigenvalue weighted by atomic mass is 16.7. The van der Waals surface area contributed by atoms with Crippen molar-refractivity contribution < 1.29 is 14.1 Å². The molecule has 3 rings (SSSR count).